The quantitative estimate of drug-likeness (QED) is 0.123. The number of ether oxygens (including phenoxy) is 1. The van der Waals surface area contributed by atoms with E-state index in [1.54, 1.807) is 12.1 Å². The largest absolute Gasteiger partial charge is 0.494 e. The number of hydrogen-bond acceptors (Lipinski definition) is 5. The van der Waals surface area contributed by atoms with Gasteiger partial charge in [-0.2, -0.15) is 0 Å². The number of ketones is 1. The van der Waals surface area contributed by atoms with Crippen LogP contribution in [-0.4, -0.2) is 12.4 Å². The molecule has 3 aromatic carbocycles. The van der Waals surface area contributed by atoms with E-state index in [2.05, 4.69) is 6.92 Å². The molecule has 0 unspecified atom stereocenters. The van der Waals surface area contributed by atoms with Crippen molar-refractivity contribution in [2.45, 2.75) is 47.0 Å². The van der Waals surface area contributed by atoms with Crippen LogP contribution in [0.3, 0.4) is 0 Å². The van der Waals surface area contributed by atoms with Gasteiger partial charge in [-0.3, -0.25) is 4.79 Å². The molecular weight excluding hydrogens is 464 g/mol. The van der Waals surface area contributed by atoms with E-state index in [0.717, 1.165) is 35.8 Å². The van der Waals surface area contributed by atoms with Gasteiger partial charge < -0.3 is 13.6 Å². The summed E-state index contributed by atoms with van der Waals surface area (Å²) in [6.07, 6.45) is 3.18. The van der Waals surface area contributed by atoms with Crippen LogP contribution in [0.1, 0.15) is 61.7 Å². The number of hydrogen-bond donors (Lipinski definition) is 0. The molecule has 0 bridgehead atoms. The first-order valence-electron chi connectivity index (χ1n) is 12.9. The van der Waals surface area contributed by atoms with Gasteiger partial charge in [0.25, 0.3) is 0 Å². The van der Waals surface area contributed by atoms with Crippen molar-refractivity contribution < 1.29 is 18.4 Å². The predicted octanol–water partition coefficient (Wildman–Crippen LogP) is 8.34. The van der Waals surface area contributed by atoms with E-state index >= 15 is 0 Å². The molecule has 0 aliphatic heterocycles. The van der Waals surface area contributed by atoms with E-state index in [1.165, 1.54) is 6.07 Å². The summed E-state index contributed by atoms with van der Waals surface area (Å²) >= 11 is 0. The van der Waals surface area contributed by atoms with Gasteiger partial charge in [0.2, 0.25) is 5.78 Å². The van der Waals surface area contributed by atoms with Gasteiger partial charge in [-0.05, 0) is 48.7 Å². The van der Waals surface area contributed by atoms with E-state index in [-0.39, 0.29) is 11.5 Å². The normalized spacial score (nSPS) is 10.8. The third kappa shape index (κ3) is 5.36. The van der Waals surface area contributed by atoms with Crippen LogP contribution in [0.2, 0.25) is 0 Å². The van der Waals surface area contributed by atoms with Gasteiger partial charge >= 0.3 is 5.63 Å². The minimum Gasteiger partial charge on any atom is -0.494 e. The summed E-state index contributed by atoms with van der Waals surface area (Å²) in [5, 5.41) is 1.42. The summed E-state index contributed by atoms with van der Waals surface area (Å²) in [7, 11) is 0. The zero-order valence-electron chi connectivity index (χ0n) is 21.8. The van der Waals surface area contributed by atoms with Gasteiger partial charge in [0, 0.05) is 22.6 Å². The standard InChI is InChI=1S/C30H26O5.C2H6/c1-3-4-8-16-33-22-13-9-12-21(18-22)28(32)30-26(20-10-6-5-7-11-20)27-24(34-30)15-14-23-19(2)17-25(31)35-29(23)27;1-2/h5-7,9-15,17-18H,3-4,8,16H2,1-2H3;1-2H3. The number of furan rings is 1. The Labute approximate surface area is 216 Å². The average Bonchev–Trinajstić information content (AvgIpc) is 3.33. The van der Waals surface area contributed by atoms with E-state index < -0.39 is 5.63 Å². The lowest BCUT2D eigenvalue weighted by atomic mass is 9.96. The van der Waals surface area contributed by atoms with Crippen molar-refractivity contribution in [3.63, 3.8) is 0 Å². The Morgan fingerprint density at radius 3 is 2.43 bits per heavy atom. The maximum absolute atomic E-state index is 13.8. The third-order valence-electron chi connectivity index (χ3n) is 6.15. The number of carbonyl (C=O) groups is 1. The fourth-order valence-corrected chi connectivity index (χ4v) is 4.40. The fraction of sp³-hybridized carbons (Fsp3) is 0.250. The molecule has 5 rings (SSSR count). The van der Waals surface area contributed by atoms with Crippen molar-refractivity contribution in [2.24, 2.45) is 0 Å². The van der Waals surface area contributed by atoms with Crippen LogP contribution in [0.25, 0.3) is 33.1 Å². The maximum Gasteiger partial charge on any atom is 0.336 e. The molecule has 190 valence electrons. The molecule has 0 aliphatic carbocycles. The van der Waals surface area contributed by atoms with Crippen LogP contribution >= 0.6 is 0 Å². The van der Waals surface area contributed by atoms with Gasteiger partial charge in [-0.1, -0.05) is 76.1 Å². The minimum atomic E-state index is -0.441. The highest BCUT2D eigenvalue weighted by atomic mass is 16.5. The number of fused-ring (bicyclic) bond motifs is 3. The number of carbonyl (C=O) groups excluding carboxylic acids is 1. The molecule has 5 nitrogen and oxygen atoms in total. The lowest BCUT2D eigenvalue weighted by Crippen LogP contribution is -2.03. The van der Waals surface area contributed by atoms with Crippen LogP contribution in [0.4, 0.5) is 0 Å². The Balaban J connectivity index is 0.00000156. The summed E-state index contributed by atoms with van der Waals surface area (Å²) in [6.45, 7) is 8.62. The van der Waals surface area contributed by atoms with E-state index in [4.69, 9.17) is 13.6 Å². The molecule has 0 N–H and O–H groups in total. The first kappa shape index (κ1) is 26.0. The van der Waals surface area contributed by atoms with Crippen LogP contribution in [0.15, 0.2) is 86.4 Å². The van der Waals surface area contributed by atoms with E-state index in [0.29, 0.717) is 40.0 Å². The lowest BCUT2D eigenvalue weighted by Gasteiger charge is -2.08. The van der Waals surface area contributed by atoms with Crippen LogP contribution < -0.4 is 10.4 Å². The molecule has 0 atom stereocenters. The second-order valence-electron chi connectivity index (χ2n) is 8.65. The number of rotatable bonds is 8. The van der Waals surface area contributed by atoms with E-state index in [1.807, 2.05) is 75.4 Å². The summed E-state index contributed by atoms with van der Waals surface area (Å²) < 4.78 is 17.7. The molecule has 2 heterocycles. The second kappa shape index (κ2) is 11.7. The van der Waals surface area contributed by atoms with Gasteiger partial charge in [0.1, 0.15) is 16.9 Å². The van der Waals surface area contributed by atoms with Crippen LogP contribution in [0, 0.1) is 6.92 Å². The molecule has 0 aliphatic rings. The molecule has 0 spiro atoms. The van der Waals surface area contributed by atoms with Gasteiger partial charge in [0.05, 0.1) is 12.0 Å². The van der Waals surface area contributed by atoms with Crippen molar-refractivity contribution in [3.8, 4) is 16.9 Å². The molecule has 5 heteroatoms. The van der Waals surface area contributed by atoms with Crippen molar-refractivity contribution in [1.82, 2.24) is 0 Å². The lowest BCUT2D eigenvalue weighted by molar-refractivity contribution is 0.101. The van der Waals surface area contributed by atoms with Crippen molar-refractivity contribution >= 4 is 27.7 Å². The Hall–Kier alpha value is -4.12. The van der Waals surface area contributed by atoms with E-state index in [9.17, 15) is 9.59 Å². The molecular formula is C32H32O5. The molecule has 0 radical (unpaired) electrons. The summed E-state index contributed by atoms with van der Waals surface area (Å²) in [6, 6.07) is 21.9. The highest BCUT2D eigenvalue weighted by molar-refractivity contribution is 6.20. The second-order valence-corrected chi connectivity index (χ2v) is 8.65. The topological polar surface area (TPSA) is 69.7 Å². The predicted molar refractivity (Wildman–Crippen MR) is 149 cm³/mol. The monoisotopic (exact) mass is 496 g/mol. The molecule has 0 fully saturated rings. The molecule has 0 amide bonds. The molecule has 5 aromatic rings. The Morgan fingerprint density at radius 1 is 0.892 bits per heavy atom. The summed E-state index contributed by atoms with van der Waals surface area (Å²) in [5.41, 5.74) is 3.15. The summed E-state index contributed by atoms with van der Waals surface area (Å²) in [5.74, 6) is 0.588. The zero-order chi connectivity index (χ0) is 26.4. The van der Waals surface area contributed by atoms with Crippen molar-refractivity contribution in [1.29, 1.82) is 0 Å². The van der Waals surface area contributed by atoms with Crippen LogP contribution in [0.5, 0.6) is 5.75 Å². The van der Waals surface area contributed by atoms with Crippen molar-refractivity contribution in [2.75, 3.05) is 6.61 Å². The maximum atomic E-state index is 13.8. The molecule has 2 aromatic heterocycles. The average molecular weight is 497 g/mol. The number of benzene rings is 3. The first-order valence-corrected chi connectivity index (χ1v) is 12.9. The molecule has 37 heavy (non-hydrogen) atoms. The third-order valence-corrected chi connectivity index (χ3v) is 6.15. The SMILES string of the molecule is CC.CCCCCOc1cccc(C(=O)c2oc3ccc4c(C)cc(=O)oc4c3c2-c2ccccc2)c1. The Kier molecular flexibility index (Phi) is 8.24. The molecule has 0 saturated heterocycles. The smallest absolute Gasteiger partial charge is 0.336 e. The first-order chi connectivity index (χ1) is 18.1. The zero-order valence-corrected chi connectivity index (χ0v) is 21.8. The molecule has 0 saturated carbocycles. The highest BCUT2D eigenvalue weighted by Gasteiger charge is 2.26. The Morgan fingerprint density at radius 2 is 1.68 bits per heavy atom. The van der Waals surface area contributed by atoms with Gasteiger partial charge in [-0.25, -0.2) is 4.79 Å². The summed E-state index contributed by atoms with van der Waals surface area (Å²) in [4.78, 5) is 26.0. The highest BCUT2D eigenvalue weighted by Crippen LogP contribution is 2.40. The van der Waals surface area contributed by atoms with Crippen LogP contribution in [-0.2, 0) is 0 Å². The van der Waals surface area contributed by atoms with Gasteiger partial charge in [-0.15, -0.1) is 0 Å². The number of unbranched alkanes of at least 4 members (excludes halogenated alkanes) is 2. The van der Waals surface area contributed by atoms with Crippen molar-refractivity contribution in [3.05, 3.63) is 100 Å². The number of aryl methyl sites for hydroxylation is 1. The fourth-order valence-electron chi connectivity index (χ4n) is 4.40. The minimum absolute atomic E-state index is 0.200. The Bertz CT molecular complexity index is 1570. The van der Waals surface area contributed by atoms with Gasteiger partial charge in [0.15, 0.2) is 5.76 Å².